The Labute approximate surface area is 225 Å². The van der Waals surface area contributed by atoms with Crippen LogP contribution < -0.4 is 10.1 Å². The molecule has 1 aromatic rings. The Hall–Kier alpha value is -2.16. The number of oxime groups is 1. The molecule has 6 rings (SSSR count). The van der Waals surface area contributed by atoms with Gasteiger partial charge in [0, 0.05) is 29.1 Å². The minimum atomic E-state index is -0.966. The smallest absolute Gasteiger partial charge is 0.225 e. The Kier molecular flexibility index (Phi) is 6.13. The van der Waals surface area contributed by atoms with Crippen molar-refractivity contribution < 1.29 is 29.3 Å². The maximum absolute atomic E-state index is 12.7. The van der Waals surface area contributed by atoms with E-state index in [-0.39, 0.29) is 35.2 Å². The second-order valence-corrected chi connectivity index (χ2v) is 13.2. The van der Waals surface area contributed by atoms with E-state index in [4.69, 9.17) is 14.3 Å². The molecule has 0 radical (unpaired) electrons. The number of nitrogens with one attached hydrogen (secondary N) is 1. The Morgan fingerprint density at radius 2 is 1.84 bits per heavy atom. The van der Waals surface area contributed by atoms with Gasteiger partial charge in [-0.25, -0.2) is 0 Å². The molecule has 5 fully saturated rings. The third-order valence-corrected chi connectivity index (χ3v) is 11.3. The van der Waals surface area contributed by atoms with Gasteiger partial charge in [0.1, 0.15) is 30.9 Å². The number of aliphatic hydroxyl groups is 2. The average molecular weight is 527 g/mol. The van der Waals surface area contributed by atoms with Crippen LogP contribution in [0.5, 0.6) is 5.75 Å². The highest BCUT2D eigenvalue weighted by Crippen LogP contribution is 2.68. The highest BCUT2D eigenvalue weighted by molar-refractivity contribution is 5.95. The summed E-state index contributed by atoms with van der Waals surface area (Å²) in [7, 11) is 1.58. The van der Waals surface area contributed by atoms with Gasteiger partial charge >= 0.3 is 0 Å². The first-order valence-corrected chi connectivity index (χ1v) is 14.2. The summed E-state index contributed by atoms with van der Waals surface area (Å²) >= 11 is 0. The summed E-state index contributed by atoms with van der Waals surface area (Å²) in [4.78, 5) is 18.1. The van der Waals surface area contributed by atoms with Crippen LogP contribution in [0, 0.1) is 40.4 Å². The van der Waals surface area contributed by atoms with E-state index in [9.17, 15) is 15.0 Å². The number of rotatable bonds is 3. The molecular weight excluding hydrogens is 484 g/mol. The van der Waals surface area contributed by atoms with Gasteiger partial charge in [-0.05, 0) is 49.7 Å². The lowest BCUT2D eigenvalue weighted by molar-refractivity contribution is -0.328. The number of hydrogen-bond donors (Lipinski definition) is 3. The van der Waals surface area contributed by atoms with Gasteiger partial charge in [-0.15, -0.1) is 0 Å². The van der Waals surface area contributed by atoms with Crippen LogP contribution in [0.25, 0.3) is 0 Å². The SMILES string of the molecule is CON=C1C(Oc2ccccc2)CC23OC4C(CC2(C)C(C)CCC3C1(C)C)C(O)CC1C(=O)NC(O)C14. The molecule has 8 nitrogen and oxygen atoms in total. The van der Waals surface area contributed by atoms with E-state index in [0.717, 1.165) is 30.7 Å². The summed E-state index contributed by atoms with van der Waals surface area (Å²) in [5.74, 6) is 0.111. The van der Waals surface area contributed by atoms with Crippen molar-refractivity contribution in [2.24, 2.45) is 45.6 Å². The molecule has 2 aliphatic heterocycles. The van der Waals surface area contributed by atoms with Crippen molar-refractivity contribution in [2.75, 3.05) is 7.11 Å². The minimum Gasteiger partial charge on any atom is -0.484 e. The van der Waals surface area contributed by atoms with Crippen molar-refractivity contribution >= 4 is 11.6 Å². The van der Waals surface area contributed by atoms with E-state index in [1.165, 1.54) is 0 Å². The molecule has 1 aromatic carbocycles. The molecule has 0 aromatic heterocycles. The highest BCUT2D eigenvalue weighted by atomic mass is 16.6. The summed E-state index contributed by atoms with van der Waals surface area (Å²) in [6.45, 7) is 9.09. The zero-order valence-corrected chi connectivity index (χ0v) is 23.1. The summed E-state index contributed by atoms with van der Waals surface area (Å²) in [6, 6.07) is 9.79. The third-order valence-electron chi connectivity index (χ3n) is 11.3. The zero-order valence-electron chi connectivity index (χ0n) is 23.1. The molecule has 0 bridgehead atoms. The van der Waals surface area contributed by atoms with Gasteiger partial charge in [0.15, 0.2) is 0 Å². The molecule has 1 spiro atoms. The van der Waals surface area contributed by atoms with Crippen LogP contribution in [-0.2, 0) is 14.4 Å². The van der Waals surface area contributed by atoms with Crippen LogP contribution in [0.4, 0.5) is 0 Å². The Balaban J connectivity index is 1.47. The van der Waals surface area contributed by atoms with Crippen LogP contribution in [-0.4, -0.2) is 59.1 Å². The van der Waals surface area contributed by atoms with E-state index in [1.807, 2.05) is 30.3 Å². The molecule has 2 saturated heterocycles. The number of ether oxygens (including phenoxy) is 2. The minimum absolute atomic E-state index is 0.126. The van der Waals surface area contributed by atoms with Crippen molar-refractivity contribution in [1.29, 1.82) is 0 Å². The normalized spacial score (nSPS) is 48.2. The number of carbonyl (C=O) groups excluding carboxylic acids is 1. The van der Waals surface area contributed by atoms with E-state index in [0.29, 0.717) is 18.8 Å². The second kappa shape index (κ2) is 8.93. The number of nitrogens with zero attached hydrogens (tertiary/aromatic N) is 1. The summed E-state index contributed by atoms with van der Waals surface area (Å²) < 4.78 is 14.1. The Morgan fingerprint density at radius 3 is 2.55 bits per heavy atom. The van der Waals surface area contributed by atoms with Crippen LogP contribution >= 0.6 is 0 Å². The molecule has 5 aliphatic rings. The van der Waals surface area contributed by atoms with Gasteiger partial charge in [-0.3, -0.25) is 4.79 Å². The standard InChI is InChI=1S/C30H42N2O6/c1-16-11-12-22-28(2,3)25(32-36-5)21(37-17-9-7-6-8-10-17)15-30(22)29(16,4)14-19-20(33)13-18-23(24(19)38-30)27(35)31-26(18)34/h6-10,16,18-24,27,33,35H,11-15H2,1-5H3,(H,31,34). The van der Waals surface area contributed by atoms with Gasteiger partial charge in [0.2, 0.25) is 5.91 Å². The fourth-order valence-electron chi connectivity index (χ4n) is 9.25. The van der Waals surface area contributed by atoms with Crippen molar-refractivity contribution in [1.82, 2.24) is 5.32 Å². The van der Waals surface area contributed by atoms with Gasteiger partial charge < -0.3 is 29.8 Å². The number of fused-ring (bicyclic) bond motifs is 3. The molecule has 3 N–H and O–H groups in total. The third kappa shape index (κ3) is 3.52. The fourth-order valence-corrected chi connectivity index (χ4v) is 9.25. The van der Waals surface area contributed by atoms with E-state index >= 15 is 0 Å². The predicted molar refractivity (Wildman–Crippen MR) is 141 cm³/mol. The quantitative estimate of drug-likeness (QED) is 0.520. The largest absolute Gasteiger partial charge is 0.484 e. The van der Waals surface area contributed by atoms with Gasteiger partial charge in [0.25, 0.3) is 0 Å². The van der Waals surface area contributed by atoms with Crippen LogP contribution in [0.2, 0.25) is 0 Å². The summed E-state index contributed by atoms with van der Waals surface area (Å²) in [5, 5.41) is 29.5. The molecule has 208 valence electrons. The van der Waals surface area contributed by atoms with Gasteiger partial charge in [0.05, 0.1) is 23.7 Å². The lowest BCUT2D eigenvalue weighted by Crippen LogP contribution is -2.75. The van der Waals surface area contributed by atoms with E-state index in [2.05, 4.69) is 38.2 Å². The summed E-state index contributed by atoms with van der Waals surface area (Å²) in [5.41, 5.74) is -0.340. The van der Waals surface area contributed by atoms with E-state index in [1.54, 1.807) is 7.11 Å². The number of aliphatic hydroxyl groups excluding tert-OH is 2. The number of benzene rings is 1. The highest BCUT2D eigenvalue weighted by Gasteiger charge is 2.72. The van der Waals surface area contributed by atoms with Crippen molar-refractivity contribution in [3.05, 3.63) is 30.3 Å². The van der Waals surface area contributed by atoms with Crippen molar-refractivity contribution in [3.8, 4) is 5.75 Å². The lowest BCUT2D eigenvalue weighted by atomic mass is 9.42. The number of para-hydroxylation sites is 1. The number of hydrogen-bond acceptors (Lipinski definition) is 7. The first-order valence-electron chi connectivity index (χ1n) is 14.2. The zero-order chi connectivity index (χ0) is 27.0. The van der Waals surface area contributed by atoms with Gasteiger partial charge in [-0.1, -0.05) is 51.0 Å². The van der Waals surface area contributed by atoms with E-state index < -0.39 is 35.4 Å². The Bertz CT molecular complexity index is 1110. The fraction of sp³-hybridized carbons (Fsp3) is 0.733. The predicted octanol–water partition coefficient (Wildman–Crippen LogP) is 3.51. The number of carbonyl (C=O) groups is 1. The lowest BCUT2D eigenvalue weighted by Gasteiger charge is -2.70. The van der Waals surface area contributed by atoms with Crippen molar-refractivity contribution in [2.45, 2.75) is 89.9 Å². The topological polar surface area (TPSA) is 110 Å². The van der Waals surface area contributed by atoms with Crippen LogP contribution in [0.15, 0.2) is 35.5 Å². The molecular formula is C30H42N2O6. The maximum Gasteiger partial charge on any atom is 0.225 e. The first-order chi connectivity index (χ1) is 18.0. The summed E-state index contributed by atoms with van der Waals surface area (Å²) in [6.07, 6.45) is 1.37. The Morgan fingerprint density at radius 1 is 1.11 bits per heavy atom. The number of amides is 1. The van der Waals surface area contributed by atoms with Gasteiger partial charge in [-0.2, -0.15) is 0 Å². The molecule has 1 amide bonds. The average Bonchev–Trinajstić information content (AvgIpc) is 3.15. The molecule has 8 heteroatoms. The maximum atomic E-state index is 12.7. The second-order valence-electron chi connectivity index (χ2n) is 13.2. The van der Waals surface area contributed by atoms with Crippen LogP contribution in [0.3, 0.4) is 0 Å². The monoisotopic (exact) mass is 526 g/mol. The molecule has 2 heterocycles. The first kappa shape index (κ1) is 26.1. The molecule has 11 atom stereocenters. The van der Waals surface area contributed by atoms with Crippen molar-refractivity contribution in [3.63, 3.8) is 0 Å². The van der Waals surface area contributed by atoms with Crippen LogP contribution in [0.1, 0.15) is 59.8 Å². The molecule has 11 unspecified atom stereocenters. The molecule has 3 aliphatic carbocycles. The molecule has 38 heavy (non-hydrogen) atoms. The molecule has 3 saturated carbocycles.